The maximum Gasteiger partial charge on any atom is 0.303 e. The first-order valence-electron chi connectivity index (χ1n) is 16.6. The average Bonchev–Trinajstić information content (AvgIpc) is 2.84. The molecule has 4 heteroatoms. The van der Waals surface area contributed by atoms with E-state index in [4.69, 9.17) is 5.11 Å². The molecule has 0 aliphatic heterocycles. The maximum absolute atomic E-state index is 10.5. The number of aliphatic hydroxyl groups excluding tert-OH is 1. The van der Waals surface area contributed by atoms with Gasteiger partial charge in [-0.15, -0.1) is 0 Å². The lowest BCUT2D eigenvalue weighted by molar-refractivity contribution is -0.893. The second kappa shape index (κ2) is 27.0. The molecule has 0 heterocycles. The molecule has 0 aromatic carbocycles. The quantitative estimate of drug-likeness (QED) is 0.0723. The summed E-state index contributed by atoms with van der Waals surface area (Å²) < 4.78 is 0.926. The number of hydrogen-bond donors (Lipinski definition) is 2. The van der Waals surface area contributed by atoms with Crippen LogP contribution in [0.25, 0.3) is 0 Å². The maximum atomic E-state index is 10.5. The van der Waals surface area contributed by atoms with Crippen molar-refractivity contribution in [1.82, 2.24) is 0 Å². The number of unbranched alkanes of at least 4 members (excludes halogenated alkanes) is 22. The fourth-order valence-electron chi connectivity index (χ4n) is 5.56. The van der Waals surface area contributed by atoms with E-state index in [1.807, 2.05) is 0 Å². The number of carboxylic acid groups (broad SMARTS) is 1. The molecule has 0 aliphatic carbocycles. The molecule has 0 rings (SSSR count). The van der Waals surface area contributed by atoms with Gasteiger partial charge in [-0.05, 0) is 25.7 Å². The number of quaternary nitrogens is 1. The van der Waals surface area contributed by atoms with Crippen molar-refractivity contribution in [3.8, 4) is 0 Å². The van der Waals surface area contributed by atoms with E-state index < -0.39 is 5.97 Å². The van der Waals surface area contributed by atoms with Crippen LogP contribution in [0, 0.1) is 0 Å². The van der Waals surface area contributed by atoms with Crippen LogP contribution in [0.5, 0.6) is 0 Å². The zero-order valence-corrected chi connectivity index (χ0v) is 25.6. The van der Waals surface area contributed by atoms with Crippen LogP contribution in [0.2, 0.25) is 0 Å². The lowest BCUT2D eigenvalue weighted by Gasteiger charge is -2.32. The minimum absolute atomic E-state index is 0.160. The Morgan fingerprint density at radius 1 is 0.568 bits per heavy atom. The SMILES string of the molecule is CCCCCCCCCCCCCCCCCCC(O)C[N+](C)(C)CCCCCCCCCCC(=O)O. The van der Waals surface area contributed by atoms with E-state index in [1.165, 1.54) is 141 Å². The van der Waals surface area contributed by atoms with Crippen LogP contribution in [-0.2, 0) is 4.79 Å². The molecule has 0 saturated carbocycles. The Labute approximate surface area is 232 Å². The molecule has 1 atom stereocenters. The summed E-state index contributed by atoms with van der Waals surface area (Å²) in [7, 11) is 4.53. The van der Waals surface area contributed by atoms with Gasteiger partial charge >= 0.3 is 5.97 Å². The zero-order valence-electron chi connectivity index (χ0n) is 25.6. The first-order valence-corrected chi connectivity index (χ1v) is 16.6. The summed E-state index contributed by atoms with van der Waals surface area (Å²) in [4.78, 5) is 10.5. The molecule has 222 valence electrons. The van der Waals surface area contributed by atoms with Gasteiger partial charge in [0, 0.05) is 6.42 Å². The summed E-state index contributed by atoms with van der Waals surface area (Å²) in [5.74, 6) is -0.670. The molecule has 0 fully saturated rings. The topological polar surface area (TPSA) is 57.5 Å². The monoisotopic (exact) mass is 527 g/mol. The van der Waals surface area contributed by atoms with Crippen molar-refractivity contribution in [2.75, 3.05) is 27.2 Å². The third-order valence-electron chi connectivity index (χ3n) is 8.00. The van der Waals surface area contributed by atoms with E-state index in [9.17, 15) is 9.90 Å². The van der Waals surface area contributed by atoms with Gasteiger partial charge in [0.1, 0.15) is 12.6 Å². The summed E-state index contributed by atoms with van der Waals surface area (Å²) in [5, 5.41) is 19.2. The van der Waals surface area contributed by atoms with Gasteiger partial charge in [0.2, 0.25) is 0 Å². The highest BCUT2D eigenvalue weighted by atomic mass is 16.4. The van der Waals surface area contributed by atoms with Gasteiger partial charge in [0.05, 0.1) is 20.6 Å². The van der Waals surface area contributed by atoms with E-state index in [0.717, 1.165) is 36.8 Å². The molecule has 37 heavy (non-hydrogen) atoms. The van der Waals surface area contributed by atoms with Crippen molar-refractivity contribution in [3.63, 3.8) is 0 Å². The van der Waals surface area contributed by atoms with Gasteiger partial charge in [-0.2, -0.15) is 0 Å². The smallest absolute Gasteiger partial charge is 0.303 e. The Bertz CT molecular complexity index is 480. The molecule has 0 bridgehead atoms. The van der Waals surface area contributed by atoms with E-state index >= 15 is 0 Å². The van der Waals surface area contributed by atoms with Gasteiger partial charge in [-0.25, -0.2) is 0 Å². The molecule has 0 spiro atoms. The van der Waals surface area contributed by atoms with Crippen LogP contribution in [0.3, 0.4) is 0 Å². The normalized spacial score (nSPS) is 12.8. The van der Waals surface area contributed by atoms with Crippen molar-refractivity contribution >= 4 is 5.97 Å². The first kappa shape index (κ1) is 36.4. The first-order chi connectivity index (χ1) is 17.9. The molecule has 0 aliphatic rings. The molecule has 4 nitrogen and oxygen atoms in total. The zero-order chi connectivity index (χ0) is 27.5. The molecule has 0 aromatic rings. The second-order valence-corrected chi connectivity index (χ2v) is 12.6. The van der Waals surface area contributed by atoms with Crippen molar-refractivity contribution < 1.29 is 19.5 Å². The Morgan fingerprint density at radius 3 is 1.32 bits per heavy atom. The fourth-order valence-corrected chi connectivity index (χ4v) is 5.56. The predicted molar refractivity (Wildman–Crippen MR) is 161 cm³/mol. The summed E-state index contributed by atoms with van der Waals surface area (Å²) in [6.45, 7) is 4.31. The van der Waals surface area contributed by atoms with Crippen LogP contribution in [0.4, 0.5) is 0 Å². The predicted octanol–water partition coefficient (Wildman–Crippen LogP) is 9.67. The lowest BCUT2D eigenvalue weighted by atomic mass is 10.0. The summed E-state index contributed by atoms with van der Waals surface area (Å²) in [6.07, 6.45) is 32.7. The number of aliphatic hydroxyl groups is 1. The lowest BCUT2D eigenvalue weighted by Crippen LogP contribution is -2.45. The Hall–Kier alpha value is -0.610. The number of aliphatic carboxylic acids is 1. The van der Waals surface area contributed by atoms with Gasteiger partial charge in [-0.3, -0.25) is 4.79 Å². The van der Waals surface area contributed by atoms with Crippen molar-refractivity contribution in [2.45, 2.75) is 180 Å². The van der Waals surface area contributed by atoms with Gasteiger partial charge in [0.25, 0.3) is 0 Å². The minimum atomic E-state index is -0.670. The Morgan fingerprint density at radius 2 is 0.919 bits per heavy atom. The van der Waals surface area contributed by atoms with Crippen LogP contribution >= 0.6 is 0 Å². The van der Waals surface area contributed by atoms with Crippen molar-refractivity contribution in [2.24, 2.45) is 0 Å². The van der Waals surface area contributed by atoms with Crippen LogP contribution in [-0.4, -0.2) is 54.0 Å². The standard InChI is InChI=1S/C33H67NO3/c1-4-5-6-7-8-9-10-11-12-13-14-15-16-19-22-25-28-32(35)31-34(2,3)30-27-24-21-18-17-20-23-26-29-33(36)37/h32,35H,4-31H2,1-3H3/p+1. The van der Waals surface area contributed by atoms with E-state index in [0.29, 0.717) is 6.42 Å². The number of hydrogen-bond acceptors (Lipinski definition) is 2. The summed E-state index contributed by atoms with van der Waals surface area (Å²) in [6, 6.07) is 0. The largest absolute Gasteiger partial charge is 0.481 e. The van der Waals surface area contributed by atoms with E-state index in [-0.39, 0.29) is 6.10 Å². The molecular weight excluding hydrogens is 458 g/mol. The van der Waals surface area contributed by atoms with Crippen molar-refractivity contribution in [1.29, 1.82) is 0 Å². The molecule has 1 unspecified atom stereocenters. The highest BCUT2D eigenvalue weighted by Gasteiger charge is 2.19. The van der Waals surface area contributed by atoms with Crippen LogP contribution < -0.4 is 0 Å². The minimum Gasteiger partial charge on any atom is -0.481 e. The number of likely N-dealkylation sites (N-methyl/N-ethyl adjacent to an activating group) is 1. The van der Waals surface area contributed by atoms with Crippen molar-refractivity contribution in [3.05, 3.63) is 0 Å². The second-order valence-electron chi connectivity index (χ2n) is 12.6. The summed E-state index contributed by atoms with van der Waals surface area (Å²) >= 11 is 0. The molecule has 0 radical (unpaired) electrons. The van der Waals surface area contributed by atoms with Gasteiger partial charge in [-0.1, -0.05) is 142 Å². The Balaban J connectivity index is 3.42. The number of carbonyl (C=O) groups is 1. The third-order valence-corrected chi connectivity index (χ3v) is 8.00. The third kappa shape index (κ3) is 29.8. The molecule has 0 saturated heterocycles. The molecule has 0 amide bonds. The number of nitrogens with zero attached hydrogens (tertiary/aromatic N) is 1. The Kier molecular flexibility index (Phi) is 26.5. The number of rotatable bonds is 30. The van der Waals surface area contributed by atoms with Gasteiger partial charge in [0.15, 0.2) is 0 Å². The highest BCUT2D eigenvalue weighted by molar-refractivity contribution is 5.66. The summed E-state index contributed by atoms with van der Waals surface area (Å²) in [5.41, 5.74) is 0. The molecule has 2 N–H and O–H groups in total. The van der Waals surface area contributed by atoms with E-state index in [1.54, 1.807) is 0 Å². The fraction of sp³-hybridized carbons (Fsp3) is 0.970. The van der Waals surface area contributed by atoms with Gasteiger partial charge < -0.3 is 14.7 Å². The average molecular weight is 527 g/mol. The molecule has 0 aromatic heterocycles. The van der Waals surface area contributed by atoms with Crippen LogP contribution in [0.15, 0.2) is 0 Å². The number of carboxylic acids is 1. The molecular formula is C33H68NO3+. The highest BCUT2D eigenvalue weighted by Crippen LogP contribution is 2.16. The van der Waals surface area contributed by atoms with Crippen LogP contribution in [0.1, 0.15) is 174 Å². The van der Waals surface area contributed by atoms with E-state index in [2.05, 4.69) is 21.0 Å².